The summed E-state index contributed by atoms with van der Waals surface area (Å²) in [6, 6.07) is 5.32. The van der Waals surface area contributed by atoms with Crippen LogP contribution in [0.5, 0.6) is 5.75 Å². The van der Waals surface area contributed by atoms with Crippen molar-refractivity contribution in [1.29, 1.82) is 0 Å². The number of imide groups is 1. The molecule has 0 aromatic heterocycles. The number of carbonyl (C=O) groups excluding carboxylic acids is 3. The molecule has 27 heavy (non-hydrogen) atoms. The van der Waals surface area contributed by atoms with Crippen molar-refractivity contribution in [3.05, 3.63) is 34.9 Å². The zero-order valence-electron chi connectivity index (χ0n) is 16.1. The van der Waals surface area contributed by atoms with Crippen LogP contribution in [0.4, 0.5) is 0 Å². The number of benzene rings is 1. The molecule has 142 valence electrons. The summed E-state index contributed by atoms with van der Waals surface area (Å²) in [7, 11) is 3.03. The fourth-order valence-corrected chi connectivity index (χ4v) is 5.26. The Morgan fingerprint density at radius 2 is 1.74 bits per heavy atom. The average molecular weight is 369 g/mol. The first-order chi connectivity index (χ1) is 12.6. The highest BCUT2D eigenvalue weighted by atomic mass is 16.5. The fraction of sp³-hybridized carbons (Fsp3) is 0.476. The summed E-state index contributed by atoms with van der Waals surface area (Å²) < 4.78 is 5.33. The van der Waals surface area contributed by atoms with Crippen LogP contribution in [0.2, 0.25) is 0 Å². The minimum absolute atomic E-state index is 0.0814. The van der Waals surface area contributed by atoms with Gasteiger partial charge in [0.2, 0.25) is 11.8 Å². The van der Waals surface area contributed by atoms with Gasteiger partial charge in [-0.2, -0.15) is 0 Å². The van der Waals surface area contributed by atoms with Crippen LogP contribution in [-0.4, -0.2) is 41.8 Å². The summed E-state index contributed by atoms with van der Waals surface area (Å²) >= 11 is 0. The molecular formula is C21H23NO5. The lowest BCUT2D eigenvalue weighted by Crippen LogP contribution is -2.51. The summed E-state index contributed by atoms with van der Waals surface area (Å²) in [5, 5.41) is 11.0. The number of methoxy groups -OCH3 is 1. The van der Waals surface area contributed by atoms with E-state index in [1.54, 1.807) is 26.2 Å². The molecule has 1 aromatic rings. The normalized spacial score (nSPS) is 31.6. The molecule has 0 radical (unpaired) electrons. The molecule has 4 atom stereocenters. The highest BCUT2D eigenvalue weighted by molar-refractivity contribution is 6.14. The highest BCUT2D eigenvalue weighted by Gasteiger charge is 2.63. The van der Waals surface area contributed by atoms with Crippen LogP contribution in [0.1, 0.15) is 31.9 Å². The third-order valence-electron chi connectivity index (χ3n) is 6.71. The smallest absolute Gasteiger partial charge is 0.233 e. The Labute approximate surface area is 157 Å². The summed E-state index contributed by atoms with van der Waals surface area (Å²) in [4.78, 5) is 39.9. The molecule has 0 bridgehead atoms. The number of hydrogen-bond donors (Lipinski definition) is 1. The summed E-state index contributed by atoms with van der Waals surface area (Å²) in [5.41, 5.74) is 1.04. The third-order valence-corrected chi connectivity index (χ3v) is 6.71. The topological polar surface area (TPSA) is 83.9 Å². The van der Waals surface area contributed by atoms with Crippen LogP contribution in [0, 0.1) is 23.7 Å². The lowest BCUT2D eigenvalue weighted by molar-refractivity contribution is -0.139. The second-order valence-corrected chi connectivity index (χ2v) is 8.31. The van der Waals surface area contributed by atoms with Crippen LogP contribution in [0.15, 0.2) is 23.8 Å². The van der Waals surface area contributed by atoms with Crippen LogP contribution in [-0.2, 0) is 19.8 Å². The quantitative estimate of drug-likeness (QED) is 0.768. The van der Waals surface area contributed by atoms with Gasteiger partial charge < -0.3 is 9.84 Å². The van der Waals surface area contributed by atoms with E-state index in [1.165, 1.54) is 7.05 Å². The van der Waals surface area contributed by atoms with Gasteiger partial charge in [0.1, 0.15) is 11.5 Å². The Hall–Kier alpha value is -2.63. The fourth-order valence-electron chi connectivity index (χ4n) is 5.26. The molecule has 1 aliphatic heterocycles. The lowest BCUT2D eigenvalue weighted by Gasteiger charge is -2.48. The number of nitrogens with zero attached hydrogens (tertiary/aromatic N) is 1. The molecule has 2 fully saturated rings. The second kappa shape index (κ2) is 5.44. The number of fused-ring (bicyclic) bond motifs is 4. The van der Waals surface area contributed by atoms with Crippen molar-refractivity contribution in [2.24, 2.45) is 23.7 Å². The molecule has 1 saturated heterocycles. The largest absolute Gasteiger partial charge is 0.507 e. The highest BCUT2D eigenvalue weighted by Crippen LogP contribution is 2.57. The number of aliphatic hydroxyl groups excluding tert-OH is 1. The number of rotatable bonds is 1. The minimum atomic E-state index is -0.678. The zero-order valence-corrected chi connectivity index (χ0v) is 16.1. The number of aliphatic hydroxyl groups is 1. The van der Waals surface area contributed by atoms with Gasteiger partial charge in [-0.15, -0.1) is 0 Å². The number of Topliss-reactive ketones (excluding diaryl/α,β-unsaturated/α-hetero) is 1. The van der Waals surface area contributed by atoms with E-state index in [-0.39, 0.29) is 28.9 Å². The van der Waals surface area contributed by atoms with Crippen molar-refractivity contribution < 1.29 is 24.2 Å². The van der Waals surface area contributed by atoms with Gasteiger partial charge in [0.05, 0.1) is 18.9 Å². The Morgan fingerprint density at radius 1 is 1.11 bits per heavy atom. The van der Waals surface area contributed by atoms with Crippen molar-refractivity contribution in [2.45, 2.75) is 26.2 Å². The Kier molecular flexibility index (Phi) is 3.58. The molecule has 3 aliphatic rings. The van der Waals surface area contributed by atoms with E-state index in [0.717, 1.165) is 10.5 Å². The number of hydrogen-bond acceptors (Lipinski definition) is 5. The number of allylic oxidation sites excluding steroid dienone is 1. The second-order valence-electron chi connectivity index (χ2n) is 8.31. The van der Waals surface area contributed by atoms with Gasteiger partial charge >= 0.3 is 0 Å². The van der Waals surface area contributed by atoms with E-state index in [2.05, 4.69) is 0 Å². The average Bonchev–Trinajstić information content (AvgIpc) is 2.86. The van der Waals surface area contributed by atoms with Gasteiger partial charge in [-0.25, -0.2) is 0 Å². The first-order valence-electron chi connectivity index (χ1n) is 9.10. The van der Waals surface area contributed by atoms with E-state index in [4.69, 9.17) is 4.74 Å². The maximum Gasteiger partial charge on any atom is 0.233 e. The molecule has 2 amide bonds. The maximum absolute atomic E-state index is 13.2. The predicted molar refractivity (Wildman–Crippen MR) is 98.0 cm³/mol. The molecule has 0 spiro atoms. The standard InChI is InChI=1S/C21H23NO5/c1-9-13-14(20(26)22(4)19(13)25)16-15(17(9)23)18(24)11-7-6-10(27-5)8-12(11)21(16,2)3/h6-9,13-14,16,24H,1-5H3/t9-,13+,14+,16+/m1/s1. The number of carbonyl (C=O) groups is 3. The Bertz CT molecular complexity index is 928. The molecular weight excluding hydrogens is 346 g/mol. The molecule has 1 saturated carbocycles. The van der Waals surface area contributed by atoms with Gasteiger partial charge in [-0.05, 0) is 29.2 Å². The summed E-state index contributed by atoms with van der Waals surface area (Å²) in [5.74, 6) is -2.81. The zero-order chi connectivity index (χ0) is 19.8. The monoisotopic (exact) mass is 369 g/mol. The van der Waals surface area contributed by atoms with Crippen molar-refractivity contribution in [3.63, 3.8) is 0 Å². The summed E-state index contributed by atoms with van der Waals surface area (Å²) in [6.45, 7) is 5.59. The Morgan fingerprint density at radius 3 is 2.37 bits per heavy atom. The van der Waals surface area contributed by atoms with Gasteiger partial charge in [-0.3, -0.25) is 19.3 Å². The van der Waals surface area contributed by atoms with E-state index < -0.39 is 29.1 Å². The van der Waals surface area contributed by atoms with Crippen molar-refractivity contribution in [2.75, 3.05) is 14.2 Å². The Balaban J connectivity index is 2.01. The van der Waals surface area contributed by atoms with Gasteiger partial charge in [0, 0.05) is 30.0 Å². The summed E-state index contributed by atoms with van der Waals surface area (Å²) in [6.07, 6.45) is 0. The molecule has 2 aliphatic carbocycles. The number of ketones is 1. The first kappa shape index (κ1) is 17.8. The van der Waals surface area contributed by atoms with Crippen LogP contribution in [0.25, 0.3) is 5.76 Å². The molecule has 6 heteroatoms. The van der Waals surface area contributed by atoms with E-state index in [1.807, 2.05) is 19.9 Å². The van der Waals surface area contributed by atoms with Crippen LogP contribution in [0.3, 0.4) is 0 Å². The van der Waals surface area contributed by atoms with Gasteiger partial charge in [-0.1, -0.05) is 20.8 Å². The van der Waals surface area contributed by atoms with E-state index >= 15 is 0 Å². The molecule has 4 rings (SSSR count). The van der Waals surface area contributed by atoms with Crippen molar-refractivity contribution in [1.82, 2.24) is 4.90 Å². The maximum atomic E-state index is 13.2. The van der Waals surface area contributed by atoms with Gasteiger partial charge in [0.25, 0.3) is 0 Å². The minimum Gasteiger partial charge on any atom is -0.507 e. The SMILES string of the molecule is COc1ccc2c(c1)C(C)(C)[C@@H]1C(=C2O)C(=O)[C@H](C)[C@@H]2C(=O)N(C)C(=O)[C@@H]21. The third kappa shape index (κ3) is 2.04. The predicted octanol–water partition coefficient (Wildman–Crippen LogP) is 2.32. The van der Waals surface area contributed by atoms with Crippen LogP contribution >= 0.6 is 0 Å². The van der Waals surface area contributed by atoms with Crippen LogP contribution < -0.4 is 4.74 Å². The van der Waals surface area contributed by atoms with E-state index in [9.17, 15) is 19.5 Å². The molecule has 6 nitrogen and oxygen atoms in total. The number of amides is 2. The molecule has 0 unspecified atom stereocenters. The van der Waals surface area contributed by atoms with Crippen molar-refractivity contribution >= 4 is 23.4 Å². The van der Waals surface area contributed by atoms with Crippen molar-refractivity contribution in [3.8, 4) is 5.75 Å². The lowest BCUT2D eigenvalue weighted by atomic mass is 9.53. The first-order valence-corrected chi connectivity index (χ1v) is 9.10. The molecule has 1 N–H and O–H groups in total. The molecule has 1 aromatic carbocycles. The number of ether oxygens (including phenoxy) is 1. The molecule has 1 heterocycles. The number of likely N-dealkylation sites (tertiary alicyclic amines) is 1. The van der Waals surface area contributed by atoms with Gasteiger partial charge in [0.15, 0.2) is 5.78 Å². The van der Waals surface area contributed by atoms with E-state index in [0.29, 0.717) is 11.3 Å².